The number of carbonyl (C=O) groups is 2. The average Bonchev–Trinajstić information content (AvgIpc) is 2.80. The number of esters is 2. The highest BCUT2D eigenvalue weighted by Crippen LogP contribution is 2.39. The van der Waals surface area contributed by atoms with Crippen LogP contribution in [0.2, 0.25) is 0 Å². The second-order valence-electron chi connectivity index (χ2n) is 6.70. The number of nitrogens with zero attached hydrogens (tertiary/aromatic N) is 1. The fourth-order valence-electron chi connectivity index (χ4n) is 3.04. The zero-order valence-corrected chi connectivity index (χ0v) is 19.1. The number of hydrogen-bond donors (Lipinski definition) is 0. The molecule has 0 radical (unpaired) electrons. The first-order chi connectivity index (χ1) is 16.0. The van der Waals surface area contributed by atoms with Crippen LogP contribution in [0, 0.1) is 11.6 Å². The molecule has 2 aromatic rings. The summed E-state index contributed by atoms with van der Waals surface area (Å²) in [7, 11) is 2.21. The van der Waals surface area contributed by atoms with Crippen LogP contribution >= 0.6 is 15.9 Å². The minimum atomic E-state index is -4.95. The third-order valence-corrected chi connectivity index (χ3v) is 5.26. The van der Waals surface area contributed by atoms with Gasteiger partial charge in [0, 0.05) is 10.5 Å². The van der Waals surface area contributed by atoms with Crippen molar-refractivity contribution in [1.29, 1.82) is 0 Å². The molecule has 0 aromatic heterocycles. The van der Waals surface area contributed by atoms with E-state index < -0.39 is 41.1 Å². The van der Waals surface area contributed by atoms with Crippen molar-refractivity contribution in [3.8, 4) is 11.5 Å². The van der Waals surface area contributed by atoms with E-state index in [-0.39, 0.29) is 48.2 Å². The highest BCUT2D eigenvalue weighted by molar-refractivity contribution is 9.10. The van der Waals surface area contributed by atoms with Gasteiger partial charge in [-0.05, 0) is 40.2 Å². The van der Waals surface area contributed by atoms with Gasteiger partial charge in [-0.1, -0.05) is 0 Å². The summed E-state index contributed by atoms with van der Waals surface area (Å²) in [5.74, 6) is -6.12. The first-order valence-corrected chi connectivity index (χ1v) is 10.1. The zero-order chi connectivity index (χ0) is 25.2. The smallest absolute Gasteiger partial charge is 0.416 e. The molecule has 0 saturated heterocycles. The van der Waals surface area contributed by atoms with Crippen LogP contribution in [0.25, 0.3) is 0 Å². The van der Waals surface area contributed by atoms with Gasteiger partial charge in [0.05, 0.1) is 37.7 Å². The van der Waals surface area contributed by atoms with Crippen LogP contribution in [0.4, 0.5) is 27.6 Å². The van der Waals surface area contributed by atoms with Crippen molar-refractivity contribution in [1.82, 2.24) is 0 Å². The number of alkyl halides is 3. The predicted octanol–water partition coefficient (Wildman–Crippen LogP) is 4.93. The van der Waals surface area contributed by atoms with Crippen LogP contribution in [0.5, 0.6) is 11.5 Å². The van der Waals surface area contributed by atoms with Crippen LogP contribution in [0.15, 0.2) is 46.1 Å². The first kappa shape index (κ1) is 25.4. The number of methoxy groups -OCH3 is 2. The van der Waals surface area contributed by atoms with Gasteiger partial charge in [-0.25, -0.2) is 18.4 Å². The summed E-state index contributed by atoms with van der Waals surface area (Å²) in [5, 5.41) is 0. The second kappa shape index (κ2) is 9.97. The molecule has 0 amide bonds. The van der Waals surface area contributed by atoms with Gasteiger partial charge in [-0.3, -0.25) is 0 Å². The van der Waals surface area contributed by atoms with Crippen LogP contribution < -0.4 is 9.64 Å². The van der Waals surface area contributed by atoms with E-state index in [1.807, 2.05) is 0 Å². The number of hydrogen-bond acceptors (Lipinski definition) is 7. The molecule has 7 nitrogen and oxygen atoms in total. The number of ether oxygens (including phenoxy) is 4. The van der Waals surface area contributed by atoms with Crippen LogP contribution in [0.1, 0.15) is 5.56 Å². The van der Waals surface area contributed by atoms with E-state index in [0.717, 1.165) is 14.2 Å². The molecule has 0 N–H and O–H groups in total. The number of anilines is 1. The van der Waals surface area contributed by atoms with E-state index in [4.69, 9.17) is 14.2 Å². The molecule has 1 heterocycles. The summed E-state index contributed by atoms with van der Waals surface area (Å²) in [4.78, 5) is 25.8. The highest BCUT2D eigenvalue weighted by atomic mass is 79.9. The molecule has 2 aromatic carbocycles. The maximum absolute atomic E-state index is 14.2. The number of halogens is 6. The lowest BCUT2D eigenvalue weighted by Crippen LogP contribution is -2.39. The van der Waals surface area contributed by atoms with Crippen molar-refractivity contribution in [2.75, 3.05) is 32.5 Å². The molecule has 1 aliphatic rings. The van der Waals surface area contributed by atoms with Gasteiger partial charge in [-0.15, -0.1) is 0 Å². The van der Waals surface area contributed by atoms with Gasteiger partial charge in [-0.2, -0.15) is 13.2 Å². The summed E-state index contributed by atoms with van der Waals surface area (Å²) < 4.78 is 87.2. The fourth-order valence-corrected chi connectivity index (χ4v) is 3.50. The van der Waals surface area contributed by atoms with Crippen LogP contribution in [-0.4, -0.2) is 39.5 Å². The topological polar surface area (TPSA) is 74.3 Å². The first-order valence-electron chi connectivity index (χ1n) is 9.26. The fraction of sp³-hybridized carbons (Fsp3) is 0.238. The molecule has 0 unspecified atom stereocenters. The third kappa shape index (κ3) is 5.14. The molecular weight excluding hydrogens is 537 g/mol. The van der Waals surface area contributed by atoms with Crippen molar-refractivity contribution < 1.29 is 50.5 Å². The van der Waals surface area contributed by atoms with Gasteiger partial charge in [0.1, 0.15) is 18.2 Å². The zero-order valence-electron chi connectivity index (χ0n) is 17.5. The summed E-state index contributed by atoms with van der Waals surface area (Å²) in [6, 6.07) is 4.12. The van der Waals surface area contributed by atoms with E-state index in [1.165, 1.54) is 23.1 Å². The Labute approximate surface area is 197 Å². The molecule has 1 aliphatic heterocycles. The molecular formula is C21H15BrF5NO6. The SMILES string of the molecule is COC(=O)C1=C(C(=O)OC)N(c2cc(Oc3c(F)cc(C(F)(F)F)cc3F)ccc2Br)COC1. The van der Waals surface area contributed by atoms with Crippen molar-refractivity contribution in [3.05, 3.63) is 63.3 Å². The van der Waals surface area contributed by atoms with Crippen molar-refractivity contribution in [2.24, 2.45) is 0 Å². The third-order valence-electron chi connectivity index (χ3n) is 4.59. The normalized spacial score (nSPS) is 14.2. The Morgan fingerprint density at radius 1 is 1.03 bits per heavy atom. The Balaban J connectivity index is 2.05. The molecule has 0 spiro atoms. The Hall–Kier alpha value is -3.19. The van der Waals surface area contributed by atoms with E-state index >= 15 is 0 Å². The minimum Gasteiger partial charge on any atom is -0.466 e. The Morgan fingerprint density at radius 2 is 1.65 bits per heavy atom. The van der Waals surface area contributed by atoms with Gasteiger partial charge in [0.25, 0.3) is 0 Å². The average molecular weight is 552 g/mol. The molecule has 0 saturated carbocycles. The van der Waals surface area contributed by atoms with Crippen molar-refractivity contribution >= 4 is 33.6 Å². The Kier molecular flexibility index (Phi) is 7.46. The monoisotopic (exact) mass is 551 g/mol. The molecule has 0 aliphatic carbocycles. The van der Waals surface area contributed by atoms with Gasteiger partial charge in [0.2, 0.25) is 0 Å². The molecule has 0 bridgehead atoms. The predicted molar refractivity (Wildman–Crippen MR) is 110 cm³/mol. The molecule has 34 heavy (non-hydrogen) atoms. The molecule has 182 valence electrons. The lowest BCUT2D eigenvalue weighted by molar-refractivity contribution is -0.140. The van der Waals surface area contributed by atoms with E-state index in [2.05, 4.69) is 20.7 Å². The van der Waals surface area contributed by atoms with Crippen LogP contribution in [-0.2, 0) is 30.0 Å². The van der Waals surface area contributed by atoms with Gasteiger partial charge >= 0.3 is 18.1 Å². The maximum Gasteiger partial charge on any atom is 0.416 e. The largest absolute Gasteiger partial charge is 0.466 e. The van der Waals surface area contributed by atoms with E-state index in [9.17, 15) is 31.5 Å². The summed E-state index contributed by atoms with van der Waals surface area (Å²) >= 11 is 3.27. The lowest BCUT2D eigenvalue weighted by Gasteiger charge is -2.32. The molecule has 13 heteroatoms. The Morgan fingerprint density at radius 3 is 2.21 bits per heavy atom. The van der Waals surface area contributed by atoms with Gasteiger partial charge < -0.3 is 23.8 Å². The summed E-state index contributed by atoms with van der Waals surface area (Å²) in [5.41, 5.74) is -1.70. The van der Waals surface area contributed by atoms with E-state index in [0.29, 0.717) is 4.47 Å². The lowest BCUT2D eigenvalue weighted by atomic mass is 10.1. The maximum atomic E-state index is 14.2. The number of benzene rings is 2. The summed E-state index contributed by atoms with van der Waals surface area (Å²) in [6.45, 7) is -0.473. The summed E-state index contributed by atoms with van der Waals surface area (Å²) in [6.07, 6.45) is -4.95. The second-order valence-corrected chi connectivity index (χ2v) is 7.55. The molecule has 0 atom stereocenters. The number of rotatable bonds is 5. The number of carbonyl (C=O) groups excluding carboxylic acids is 2. The van der Waals surface area contributed by atoms with Crippen molar-refractivity contribution in [2.45, 2.75) is 6.18 Å². The highest BCUT2D eigenvalue weighted by Gasteiger charge is 2.35. The molecule has 3 rings (SSSR count). The van der Waals surface area contributed by atoms with E-state index in [1.54, 1.807) is 0 Å². The van der Waals surface area contributed by atoms with Crippen molar-refractivity contribution in [3.63, 3.8) is 0 Å². The molecule has 0 fully saturated rings. The van der Waals surface area contributed by atoms with Gasteiger partial charge in [0.15, 0.2) is 17.4 Å². The quantitative estimate of drug-likeness (QED) is 0.385. The standard InChI is InChI=1S/C21H15BrF5NO6/c1-31-19(29)12-8-33-9-28(17(12)20(30)32-2)16-7-11(3-4-13(16)22)34-18-14(23)5-10(6-15(18)24)21(25,26)27/h3-7H,8-9H2,1-2H3. The Bertz CT molecular complexity index is 1140. The minimum absolute atomic E-state index is 0.109. The van der Waals surface area contributed by atoms with Crippen LogP contribution in [0.3, 0.4) is 0 Å².